The number of halogens is 1. The number of hydrogen-bond acceptors (Lipinski definition) is 6. The average molecular weight is 469 g/mol. The van der Waals surface area contributed by atoms with Gasteiger partial charge in [-0.3, -0.25) is 4.79 Å². The molecular formula is C25H20FN7O2. The Morgan fingerprint density at radius 1 is 1.09 bits per heavy atom. The van der Waals surface area contributed by atoms with Crippen LogP contribution in [0.25, 0.3) is 11.5 Å². The summed E-state index contributed by atoms with van der Waals surface area (Å²) in [6.07, 6.45) is 1.77. The van der Waals surface area contributed by atoms with Crippen LogP contribution in [-0.4, -0.2) is 35.5 Å². The van der Waals surface area contributed by atoms with Crippen LogP contribution in [0.5, 0.6) is 5.75 Å². The third-order valence-corrected chi connectivity index (χ3v) is 6.07. The highest BCUT2D eigenvalue weighted by molar-refractivity contribution is 5.95. The number of hydrogen-bond donors (Lipinski definition) is 1. The van der Waals surface area contributed by atoms with Gasteiger partial charge in [-0.1, -0.05) is 30.3 Å². The summed E-state index contributed by atoms with van der Waals surface area (Å²) in [5, 5.41) is 20.1. The van der Waals surface area contributed by atoms with E-state index >= 15 is 0 Å². The maximum absolute atomic E-state index is 13.3. The van der Waals surface area contributed by atoms with Crippen molar-refractivity contribution < 1.29 is 13.9 Å². The van der Waals surface area contributed by atoms with Crippen LogP contribution in [0.1, 0.15) is 34.7 Å². The molecule has 1 amide bonds. The number of amides is 1. The van der Waals surface area contributed by atoms with Crippen molar-refractivity contribution in [2.75, 3.05) is 5.32 Å². The fourth-order valence-corrected chi connectivity index (χ4v) is 4.45. The molecule has 3 aromatic heterocycles. The number of para-hydroxylation sites is 1. The second-order valence-electron chi connectivity index (χ2n) is 8.34. The highest BCUT2D eigenvalue weighted by atomic mass is 19.1. The number of carbonyl (C=O) groups excluding carboxylic acids is 1. The first-order valence-corrected chi connectivity index (χ1v) is 11.1. The van der Waals surface area contributed by atoms with Crippen molar-refractivity contribution in [3.05, 3.63) is 95.2 Å². The predicted octanol–water partition coefficient (Wildman–Crippen LogP) is 3.81. The number of rotatable bonds is 5. The van der Waals surface area contributed by atoms with Crippen LogP contribution in [0, 0.1) is 12.7 Å². The summed E-state index contributed by atoms with van der Waals surface area (Å²) in [6.45, 7) is 2.20. The van der Waals surface area contributed by atoms with Gasteiger partial charge in [-0.25, -0.2) is 4.39 Å². The van der Waals surface area contributed by atoms with Crippen molar-refractivity contribution in [1.29, 1.82) is 0 Å². The summed E-state index contributed by atoms with van der Waals surface area (Å²) < 4.78 is 22.6. The minimum Gasteiger partial charge on any atom is -0.489 e. The van der Waals surface area contributed by atoms with Crippen LogP contribution >= 0.6 is 0 Å². The summed E-state index contributed by atoms with van der Waals surface area (Å²) >= 11 is 0. The van der Waals surface area contributed by atoms with Crippen molar-refractivity contribution in [2.24, 2.45) is 0 Å². The zero-order valence-electron chi connectivity index (χ0n) is 18.7. The fourth-order valence-electron chi connectivity index (χ4n) is 4.45. The average Bonchev–Trinajstić information content (AvgIpc) is 3.47. The Morgan fingerprint density at radius 2 is 1.91 bits per heavy atom. The Bertz CT molecular complexity index is 1560. The molecule has 1 atom stereocenters. The quantitative estimate of drug-likeness (QED) is 0.420. The molecule has 0 fully saturated rings. The molecule has 0 radical (unpaired) electrons. The number of fused-ring (bicyclic) bond motifs is 2. The number of aryl methyl sites for hydroxylation is 1. The first-order valence-electron chi connectivity index (χ1n) is 11.1. The van der Waals surface area contributed by atoms with E-state index in [1.807, 2.05) is 31.2 Å². The second-order valence-corrected chi connectivity index (χ2v) is 8.34. The van der Waals surface area contributed by atoms with Gasteiger partial charge >= 0.3 is 0 Å². The molecule has 10 heteroatoms. The second kappa shape index (κ2) is 8.32. The van der Waals surface area contributed by atoms with Crippen LogP contribution in [0.4, 0.5) is 10.2 Å². The highest BCUT2D eigenvalue weighted by Crippen LogP contribution is 2.43. The standard InChI is InChI=1S/C25H20FN7O2/c1-15-24-19(18-4-2-3-5-20(18)35-13-16-6-8-17(26)9-7-16)12-23(34)28-25(24)33(30-15)22-11-10-21-29-27-14-32(21)31-22/h2-11,14,19H,12-13H2,1H3,(H,28,34)/t19-/m1/s1. The third kappa shape index (κ3) is 3.78. The van der Waals surface area contributed by atoms with Crippen LogP contribution in [-0.2, 0) is 11.4 Å². The summed E-state index contributed by atoms with van der Waals surface area (Å²) in [6, 6.07) is 17.4. The monoisotopic (exact) mass is 469 g/mol. The van der Waals surface area contributed by atoms with E-state index in [9.17, 15) is 9.18 Å². The normalized spacial score (nSPS) is 15.1. The molecule has 1 aliphatic heterocycles. The molecule has 0 unspecified atom stereocenters. The summed E-state index contributed by atoms with van der Waals surface area (Å²) in [5.41, 5.74) is 4.04. The lowest BCUT2D eigenvalue weighted by Crippen LogP contribution is -2.25. The van der Waals surface area contributed by atoms with Gasteiger partial charge in [-0.05, 0) is 42.8 Å². The molecular weight excluding hydrogens is 449 g/mol. The Morgan fingerprint density at radius 3 is 2.77 bits per heavy atom. The van der Waals surface area contributed by atoms with Gasteiger partial charge in [0, 0.05) is 23.5 Å². The van der Waals surface area contributed by atoms with E-state index in [0.29, 0.717) is 23.0 Å². The molecule has 0 saturated heterocycles. The van der Waals surface area contributed by atoms with Gasteiger partial charge in [0.15, 0.2) is 11.5 Å². The molecule has 1 N–H and O–H groups in total. The van der Waals surface area contributed by atoms with E-state index in [1.165, 1.54) is 18.5 Å². The number of nitrogens with zero attached hydrogens (tertiary/aromatic N) is 6. The topological polar surface area (TPSA) is 99.2 Å². The Kier molecular flexibility index (Phi) is 4.98. The molecule has 4 heterocycles. The van der Waals surface area contributed by atoms with Gasteiger partial charge in [0.25, 0.3) is 0 Å². The van der Waals surface area contributed by atoms with Crippen LogP contribution in [0.15, 0.2) is 67.0 Å². The van der Waals surface area contributed by atoms with E-state index in [-0.39, 0.29) is 30.7 Å². The number of ether oxygens (including phenoxy) is 1. The molecule has 174 valence electrons. The molecule has 0 bridgehead atoms. The zero-order valence-corrected chi connectivity index (χ0v) is 18.7. The predicted molar refractivity (Wildman–Crippen MR) is 125 cm³/mol. The van der Waals surface area contributed by atoms with Crippen LogP contribution < -0.4 is 10.1 Å². The number of anilines is 1. The van der Waals surface area contributed by atoms with Crippen LogP contribution in [0.3, 0.4) is 0 Å². The van der Waals surface area contributed by atoms with E-state index in [4.69, 9.17) is 9.84 Å². The van der Waals surface area contributed by atoms with Crippen molar-refractivity contribution in [2.45, 2.75) is 25.9 Å². The van der Waals surface area contributed by atoms with E-state index in [0.717, 1.165) is 22.4 Å². The molecule has 0 aliphatic carbocycles. The molecule has 2 aromatic carbocycles. The lowest BCUT2D eigenvalue weighted by atomic mass is 9.85. The van der Waals surface area contributed by atoms with Gasteiger partial charge in [0.05, 0.1) is 5.69 Å². The fraction of sp³-hybridized carbons (Fsp3) is 0.160. The number of benzene rings is 2. The lowest BCUT2D eigenvalue weighted by Gasteiger charge is -2.26. The maximum atomic E-state index is 13.3. The maximum Gasteiger partial charge on any atom is 0.226 e. The Labute approximate surface area is 199 Å². The summed E-state index contributed by atoms with van der Waals surface area (Å²) in [4.78, 5) is 12.8. The van der Waals surface area contributed by atoms with Gasteiger partial charge < -0.3 is 10.1 Å². The smallest absolute Gasteiger partial charge is 0.226 e. The van der Waals surface area contributed by atoms with Crippen molar-refractivity contribution in [3.8, 4) is 11.6 Å². The van der Waals surface area contributed by atoms with Gasteiger partial charge in [-0.2, -0.15) is 14.3 Å². The minimum absolute atomic E-state index is 0.123. The lowest BCUT2D eigenvalue weighted by molar-refractivity contribution is -0.116. The van der Waals surface area contributed by atoms with E-state index in [1.54, 1.807) is 33.5 Å². The number of nitrogens with one attached hydrogen (secondary N) is 1. The molecule has 0 saturated carbocycles. The first-order chi connectivity index (χ1) is 17.1. The largest absolute Gasteiger partial charge is 0.489 e. The highest BCUT2D eigenvalue weighted by Gasteiger charge is 2.34. The summed E-state index contributed by atoms with van der Waals surface area (Å²) in [5.74, 6) is 1.11. The number of aromatic nitrogens is 6. The van der Waals surface area contributed by atoms with Gasteiger partial charge in [0.2, 0.25) is 5.91 Å². The Balaban J connectivity index is 1.39. The first kappa shape index (κ1) is 21.0. The summed E-state index contributed by atoms with van der Waals surface area (Å²) in [7, 11) is 0. The van der Waals surface area contributed by atoms with Crippen molar-refractivity contribution in [3.63, 3.8) is 0 Å². The van der Waals surface area contributed by atoms with Crippen molar-refractivity contribution in [1.82, 2.24) is 29.6 Å². The SMILES string of the molecule is Cc1nn(-c2ccc3nncn3n2)c2c1[C@@H](c1ccccc1OCc1ccc(F)cc1)CC(=O)N2. The Hall–Kier alpha value is -4.60. The van der Waals surface area contributed by atoms with Gasteiger partial charge in [-0.15, -0.1) is 15.3 Å². The van der Waals surface area contributed by atoms with E-state index in [2.05, 4.69) is 20.6 Å². The third-order valence-electron chi connectivity index (χ3n) is 6.07. The number of carbonyl (C=O) groups is 1. The molecule has 1 aliphatic rings. The van der Waals surface area contributed by atoms with Crippen LogP contribution in [0.2, 0.25) is 0 Å². The van der Waals surface area contributed by atoms with E-state index < -0.39 is 0 Å². The van der Waals surface area contributed by atoms with Crippen molar-refractivity contribution >= 4 is 17.4 Å². The minimum atomic E-state index is -0.291. The molecule has 0 spiro atoms. The molecule has 6 rings (SSSR count). The van der Waals surface area contributed by atoms with Gasteiger partial charge in [0.1, 0.15) is 30.3 Å². The zero-order chi connectivity index (χ0) is 23.9. The molecule has 5 aromatic rings. The molecule has 35 heavy (non-hydrogen) atoms. The molecule has 9 nitrogen and oxygen atoms in total.